The highest BCUT2D eigenvalue weighted by Crippen LogP contribution is 2.25. The van der Waals surface area contributed by atoms with E-state index in [0.717, 1.165) is 3.57 Å². The lowest BCUT2D eigenvalue weighted by atomic mass is 10.3. The second-order valence-corrected chi connectivity index (χ2v) is 4.38. The van der Waals surface area contributed by atoms with Gasteiger partial charge in [-0.3, -0.25) is 0 Å². The summed E-state index contributed by atoms with van der Waals surface area (Å²) < 4.78 is 6.62. The van der Waals surface area contributed by atoms with E-state index in [-0.39, 0.29) is 0 Å². The summed E-state index contributed by atoms with van der Waals surface area (Å²) in [6.07, 6.45) is 2.89. The smallest absolute Gasteiger partial charge is 0.241 e. The summed E-state index contributed by atoms with van der Waals surface area (Å²) in [4.78, 5) is 7.71. The highest BCUT2D eigenvalue weighted by molar-refractivity contribution is 14.1. The molecule has 76 valence electrons. The predicted molar refractivity (Wildman–Crippen MR) is 66.3 cm³/mol. The molecular formula is C10H6ClIN2O. The van der Waals surface area contributed by atoms with Crippen LogP contribution in [0, 0.1) is 3.57 Å². The maximum atomic E-state index is 5.85. The SMILES string of the molecule is Clc1cncnc1Oc1ccc(I)cc1. The zero-order valence-electron chi connectivity index (χ0n) is 7.52. The first kappa shape index (κ1) is 10.6. The summed E-state index contributed by atoms with van der Waals surface area (Å²) in [5.74, 6) is 1.07. The van der Waals surface area contributed by atoms with Crippen molar-refractivity contribution < 1.29 is 4.74 Å². The monoisotopic (exact) mass is 332 g/mol. The van der Waals surface area contributed by atoms with Crippen LogP contribution < -0.4 is 4.74 Å². The van der Waals surface area contributed by atoms with Crippen LogP contribution in [-0.4, -0.2) is 9.97 Å². The number of hydrogen-bond donors (Lipinski definition) is 0. The summed E-state index contributed by atoms with van der Waals surface area (Å²) in [5.41, 5.74) is 0. The second kappa shape index (κ2) is 4.76. The largest absolute Gasteiger partial charge is 0.437 e. The van der Waals surface area contributed by atoms with Gasteiger partial charge in [0.1, 0.15) is 17.1 Å². The van der Waals surface area contributed by atoms with Gasteiger partial charge in [0, 0.05) is 3.57 Å². The van der Waals surface area contributed by atoms with Crippen LogP contribution in [0.2, 0.25) is 5.02 Å². The molecule has 15 heavy (non-hydrogen) atoms. The van der Waals surface area contributed by atoms with Crippen LogP contribution >= 0.6 is 34.2 Å². The molecule has 2 rings (SSSR count). The fourth-order valence-corrected chi connectivity index (χ4v) is 1.49. The van der Waals surface area contributed by atoms with Gasteiger partial charge in [0.25, 0.3) is 0 Å². The minimum atomic E-state index is 0.368. The van der Waals surface area contributed by atoms with Gasteiger partial charge < -0.3 is 4.74 Å². The molecule has 0 aliphatic carbocycles. The normalized spacial score (nSPS) is 10.0. The lowest BCUT2D eigenvalue weighted by Crippen LogP contribution is -1.89. The standard InChI is InChI=1S/C10H6ClIN2O/c11-9-5-13-6-14-10(9)15-8-3-1-7(12)2-4-8/h1-6H. The fourth-order valence-electron chi connectivity index (χ4n) is 0.991. The molecule has 0 fully saturated rings. The van der Waals surface area contributed by atoms with E-state index in [1.54, 1.807) is 0 Å². The van der Waals surface area contributed by atoms with Gasteiger partial charge in [-0.2, -0.15) is 0 Å². The molecule has 0 unspecified atom stereocenters. The van der Waals surface area contributed by atoms with Crippen molar-refractivity contribution in [2.24, 2.45) is 0 Å². The molecule has 3 nitrogen and oxygen atoms in total. The van der Waals surface area contributed by atoms with Gasteiger partial charge in [0.2, 0.25) is 5.88 Å². The van der Waals surface area contributed by atoms with Crippen molar-refractivity contribution in [3.8, 4) is 11.6 Å². The number of nitrogens with zero attached hydrogens (tertiary/aromatic N) is 2. The first-order chi connectivity index (χ1) is 7.25. The molecule has 0 aliphatic rings. The van der Waals surface area contributed by atoms with E-state index in [0.29, 0.717) is 16.7 Å². The van der Waals surface area contributed by atoms with Gasteiger partial charge in [0.05, 0.1) is 6.20 Å². The molecule has 0 amide bonds. The van der Waals surface area contributed by atoms with Gasteiger partial charge in [-0.15, -0.1) is 0 Å². The summed E-state index contributed by atoms with van der Waals surface area (Å²) in [7, 11) is 0. The number of halogens is 2. The van der Waals surface area contributed by atoms with Crippen LogP contribution in [0.15, 0.2) is 36.8 Å². The first-order valence-electron chi connectivity index (χ1n) is 4.14. The topological polar surface area (TPSA) is 35.0 Å². The van der Waals surface area contributed by atoms with Gasteiger partial charge in [-0.1, -0.05) is 11.6 Å². The minimum Gasteiger partial charge on any atom is -0.437 e. The summed E-state index contributed by atoms with van der Waals surface area (Å²) in [5, 5.41) is 0.399. The van der Waals surface area contributed by atoms with Crippen molar-refractivity contribution in [1.82, 2.24) is 9.97 Å². The molecule has 0 atom stereocenters. The Morgan fingerprint density at radius 1 is 1.20 bits per heavy atom. The van der Waals surface area contributed by atoms with E-state index in [4.69, 9.17) is 16.3 Å². The van der Waals surface area contributed by atoms with Gasteiger partial charge in [-0.25, -0.2) is 9.97 Å². The molecule has 0 bridgehead atoms. The van der Waals surface area contributed by atoms with Gasteiger partial charge in [0.15, 0.2) is 0 Å². The zero-order valence-corrected chi connectivity index (χ0v) is 10.4. The number of ether oxygens (including phenoxy) is 1. The van der Waals surface area contributed by atoms with Crippen molar-refractivity contribution in [2.75, 3.05) is 0 Å². The second-order valence-electron chi connectivity index (χ2n) is 2.73. The summed E-state index contributed by atoms with van der Waals surface area (Å²) in [6.45, 7) is 0. The molecule has 0 N–H and O–H groups in total. The van der Waals surface area contributed by atoms with Gasteiger partial charge in [-0.05, 0) is 46.9 Å². The van der Waals surface area contributed by atoms with E-state index < -0.39 is 0 Å². The van der Waals surface area contributed by atoms with Crippen LogP contribution in [-0.2, 0) is 0 Å². The predicted octanol–water partition coefficient (Wildman–Crippen LogP) is 3.53. The van der Waals surface area contributed by atoms with E-state index in [1.807, 2.05) is 24.3 Å². The summed E-state index contributed by atoms with van der Waals surface area (Å²) >= 11 is 8.08. The molecule has 1 heterocycles. The molecular weight excluding hydrogens is 326 g/mol. The minimum absolute atomic E-state index is 0.368. The fraction of sp³-hybridized carbons (Fsp3) is 0. The molecule has 0 saturated heterocycles. The Morgan fingerprint density at radius 2 is 1.93 bits per heavy atom. The Bertz CT molecular complexity index is 461. The number of rotatable bonds is 2. The van der Waals surface area contributed by atoms with Crippen LogP contribution in [0.3, 0.4) is 0 Å². The quantitative estimate of drug-likeness (QED) is 0.789. The number of hydrogen-bond acceptors (Lipinski definition) is 3. The van der Waals surface area contributed by atoms with Crippen molar-refractivity contribution in [1.29, 1.82) is 0 Å². The van der Waals surface area contributed by atoms with Crippen LogP contribution in [0.5, 0.6) is 11.6 Å². The maximum absolute atomic E-state index is 5.85. The third-order valence-corrected chi connectivity index (χ3v) is 2.64. The van der Waals surface area contributed by atoms with E-state index in [9.17, 15) is 0 Å². The molecule has 0 radical (unpaired) electrons. The lowest BCUT2D eigenvalue weighted by molar-refractivity contribution is 0.461. The summed E-state index contributed by atoms with van der Waals surface area (Å²) in [6, 6.07) is 7.62. The first-order valence-corrected chi connectivity index (χ1v) is 5.60. The van der Waals surface area contributed by atoms with Crippen molar-refractivity contribution in [3.63, 3.8) is 0 Å². The van der Waals surface area contributed by atoms with Gasteiger partial charge >= 0.3 is 0 Å². The molecule has 0 saturated carbocycles. The Balaban J connectivity index is 2.22. The zero-order chi connectivity index (χ0) is 10.7. The molecule has 1 aromatic heterocycles. The number of aromatic nitrogens is 2. The number of benzene rings is 1. The maximum Gasteiger partial charge on any atom is 0.241 e. The van der Waals surface area contributed by atoms with Crippen molar-refractivity contribution in [3.05, 3.63) is 45.4 Å². The van der Waals surface area contributed by atoms with E-state index >= 15 is 0 Å². The lowest BCUT2D eigenvalue weighted by Gasteiger charge is -2.04. The Labute approximate surface area is 106 Å². The average molecular weight is 333 g/mol. The Kier molecular flexibility index (Phi) is 3.37. The third-order valence-electron chi connectivity index (χ3n) is 1.66. The molecule has 5 heteroatoms. The average Bonchev–Trinajstić information content (AvgIpc) is 2.25. The van der Waals surface area contributed by atoms with Crippen LogP contribution in [0.1, 0.15) is 0 Å². The van der Waals surface area contributed by atoms with Crippen LogP contribution in [0.4, 0.5) is 0 Å². The molecule has 0 aliphatic heterocycles. The highest BCUT2D eigenvalue weighted by atomic mass is 127. The Morgan fingerprint density at radius 3 is 2.60 bits per heavy atom. The molecule has 2 aromatic rings. The Hall–Kier alpha value is -0.880. The van der Waals surface area contributed by atoms with Crippen LogP contribution in [0.25, 0.3) is 0 Å². The van der Waals surface area contributed by atoms with Crippen molar-refractivity contribution >= 4 is 34.2 Å². The highest BCUT2D eigenvalue weighted by Gasteiger charge is 2.03. The van der Waals surface area contributed by atoms with E-state index in [1.165, 1.54) is 12.5 Å². The molecule has 1 aromatic carbocycles. The third kappa shape index (κ3) is 2.79. The van der Waals surface area contributed by atoms with E-state index in [2.05, 4.69) is 32.6 Å². The molecule has 0 spiro atoms. The van der Waals surface area contributed by atoms with Crippen molar-refractivity contribution in [2.45, 2.75) is 0 Å².